The highest BCUT2D eigenvalue weighted by Gasteiger charge is 2.18. The van der Waals surface area contributed by atoms with E-state index in [4.69, 9.17) is 4.74 Å². The zero-order valence-corrected chi connectivity index (χ0v) is 15.6. The number of halogens is 2. The molecule has 0 saturated heterocycles. The highest BCUT2D eigenvalue weighted by Crippen LogP contribution is 2.17. The van der Waals surface area contributed by atoms with Gasteiger partial charge < -0.3 is 15.4 Å². The van der Waals surface area contributed by atoms with Gasteiger partial charge in [-0.3, -0.25) is 9.59 Å². The lowest BCUT2D eigenvalue weighted by molar-refractivity contribution is -0.117. The Morgan fingerprint density at radius 3 is 2.55 bits per heavy atom. The second kappa shape index (κ2) is 8.46. The molecule has 0 unspecified atom stereocenters. The summed E-state index contributed by atoms with van der Waals surface area (Å²) < 4.78 is 32.6. The zero-order chi connectivity index (χ0) is 21.0. The molecule has 1 heterocycles. The topological polar surface area (TPSA) is 98.1 Å². The van der Waals surface area contributed by atoms with Gasteiger partial charge in [-0.25, -0.2) is 13.5 Å². The van der Waals surface area contributed by atoms with E-state index < -0.39 is 17.5 Å². The number of hydrogen-bond donors (Lipinski definition) is 2. The van der Waals surface area contributed by atoms with E-state index in [-0.39, 0.29) is 23.8 Å². The van der Waals surface area contributed by atoms with Gasteiger partial charge in [0.15, 0.2) is 17.3 Å². The molecule has 0 saturated carbocycles. The monoisotopic (exact) mass is 401 g/mol. The van der Waals surface area contributed by atoms with E-state index in [0.29, 0.717) is 17.1 Å². The van der Waals surface area contributed by atoms with Crippen molar-refractivity contribution >= 4 is 23.2 Å². The number of nitrogens with one attached hydrogen (secondary N) is 2. The molecule has 0 bridgehead atoms. The molecule has 0 spiro atoms. The van der Waals surface area contributed by atoms with Crippen LogP contribution in [0.1, 0.15) is 16.2 Å². The average Bonchev–Trinajstić information content (AvgIpc) is 3.05. The summed E-state index contributed by atoms with van der Waals surface area (Å²) >= 11 is 0. The third-order valence-corrected chi connectivity index (χ3v) is 4.02. The second-order valence-electron chi connectivity index (χ2n) is 6.04. The van der Waals surface area contributed by atoms with Crippen LogP contribution >= 0.6 is 0 Å². The van der Waals surface area contributed by atoms with E-state index in [1.807, 2.05) is 0 Å². The third kappa shape index (κ3) is 4.72. The maximum absolute atomic E-state index is 13.3. The first-order valence-electron chi connectivity index (χ1n) is 8.47. The Morgan fingerprint density at radius 1 is 1.07 bits per heavy atom. The predicted molar refractivity (Wildman–Crippen MR) is 101 cm³/mol. The van der Waals surface area contributed by atoms with E-state index in [0.717, 1.165) is 12.1 Å². The summed E-state index contributed by atoms with van der Waals surface area (Å²) in [5.74, 6) is -2.55. The van der Waals surface area contributed by atoms with Gasteiger partial charge in [0, 0.05) is 23.5 Å². The van der Waals surface area contributed by atoms with E-state index in [2.05, 4.69) is 20.9 Å². The molecule has 8 nitrogen and oxygen atoms in total. The van der Waals surface area contributed by atoms with Gasteiger partial charge in [-0.1, -0.05) is 11.3 Å². The van der Waals surface area contributed by atoms with Crippen LogP contribution in [0.3, 0.4) is 0 Å². The fraction of sp³-hybridized carbons (Fsp3) is 0.158. The molecule has 29 heavy (non-hydrogen) atoms. The van der Waals surface area contributed by atoms with Crippen molar-refractivity contribution in [3.8, 4) is 5.75 Å². The molecule has 3 rings (SSSR count). The lowest BCUT2D eigenvalue weighted by Gasteiger charge is -2.08. The van der Waals surface area contributed by atoms with Crippen LogP contribution in [-0.4, -0.2) is 33.9 Å². The van der Waals surface area contributed by atoms with Gasteiger partial charge in [0.1, 0.15) is 12.3 Å². The van der Waals surface area contributed by atoms with Crippen LogP contribution in [0.4, 0.5) is 20.2 Å². The SMILES string of the molecule is COc1cccc(NC(=O)Cn2nnc(C(=O)Nc3ccc(F)c(F)c3)c2C)c1. The number of hydrogen-bond acceptors (Lipinski definition) is 5. The van der Waals surface area contributed by atoms with Crippen molar-refractivity contribution in [2.45, 2.75) is 13.5 Å². The van der Waals surface area contributed by atoms with Crippen molar-refractivity contribution in [3.63, 3.8) is 0 Å². The summed E-state index contributed by atoms with van der Waals surface area (Å²) in [6, 6.07) is 9.82. The van der Waals surface area contributed by atoms with Crippen LogP contribution in [-0.2, 0) is 11.3 Å². The van der Waals surface area contributed by atoms with Crippen LogP contribution in [0.5, 0.6) is 5.75 Å². The molecule has 0 aliphatic rings. The maximum Gasteiger partial charge on any atom is 0.278 e. The first-order chi connectivity index (χ1) is 13.9. The molecule has 0 aliphatic carbocycles. The number of carbonyl (C=O) groups excluding carboxylic acids is 2. The highest BCUT2D eigenvalue weighted by atomic mass is 19.2. The van der Waals surface area contributed by atoms with Crippen molar-refractivity contribution in [1.29, 1.82) is 0 Å². The quantitative estimate of drug-likeness (QED) is 0.662. The second-order valence-corrected chi connectivity index (χ2v) is 6.04. The van der Waals surface area contributed by atoms with Gasteiger partial charge in [-0.15, -0.1) is 5.10 Å². The highest BCUT2D eigenvalue weighted by molar-refractivity contribution is 6.03. The van der Waals surface area contributed by atoms with Crippen LogP contribution in [0.2, 0.25) is 0 Å². The molecule has 10 heteroatoms. The molecule has 2 aromatic carbocycles. The molecular formula is C19H17F2N5O3. The lowest BCUT2D eigenvalue weighted by Crippen LogP contribution is -2.21. The molecular weight excluding hydrogens is 384 g/mol. The van der Waals surface area contributed by atoms with Crippen LogP contribution in [0.25, 0.3) is 0 Å². The Bertz CT molecular complexity index is 1070. The summed E-state index contributed by atoms with van der Waals surface area (Å²) in [5.41, 5.74) is 0.914. The molecule has 3 aromatic rings. The largest absolute Gasteiger partial charge is 0.497 e. The number of anilines is 2. The number of benzene rings is 2. The molecule has 0 radical (unpaired) electrons. The van der Waals surface area contributed by atoms with Gasteiger partial charge in [0.2, 0.25) is 5.91 Å². The number of aromatic nitrogens is 3. The fourth-order valence-electron chi connectivity index (χ4n) is 2.52. The fourth-order valence-corrected chi connectivity index (χ4v) is 2.52. The summed E-state index contributed by atoms with van der Waals surface area (Å²) in [5, 5.41) is 12.7. The number of ether oxygens (including phenoxy) is 1. The van der Waals surface area contributed by atoms with E-state index in [1.165, 1.54) is 17.9 Å². The van der Waals surface area contributed by atoms with Crippen LogP contribution in [0.15, 0.2) is 42.5 Å². The smallest absolute Gasteiger partial charge is 0.278 e. The van der Waals surface area contributed by atoms with Gasteiger partial charge in [0.25, 0.3) is 5.91 Å². The van der Waals surface area contributed by atoms with Gasteiger partial charge in [-0.05, 0) is 31.2 Å². The maximum atomic E-state index is 13.3. The molecule has 2 N–H and O–H groups in total. The minimum Gasteiger partial charge on any atom is -0.497 e. The third-order valence-electron chi connectivity index (χ3n) is 4.02. The Labute approximate surface area is 164 Å². The Kier molecular flexibility index (Phi) is 5.82. The van der Waals surface area contributed by atoms with E-state index in [9.17, 15) is 18.4 Å². The van der Waals surface area contributed by atoms with Crippen molar-refractivity contribution in [2.75, 3.05) is 17.7 Å². The van der Waals surface area contributed by atoms with Gasteiger partial charge >= 0.3 is 0 Å². The van der Waals surface area contributed by atoms with Crippen LogP contribution in [0, 0.1) is 18.6 Å². The minimum atomic E-state index is -1.09. The summed E-state index contributed by atoms with van der Waals surface area (Å²) in [7, 11) is 1.52. The number of nitrogens with zero attached hydrogens (tertiary/aromatic N) is 3. The summed E-state index contributed by atoms with van der Waals surface area (Å²) in [6.07, 6.45) is 0. The van der Waals surface area contributed by atoms with E-state index >= 15 is 0 Å². The molecule has 0 atom stereocenters. The van der Waals surface area contributed by atoms with Crippen molar-refractivity contribution < 1.29 is 23.1 Å². The normalized spacial score (nSPS) is 10.5. The molecule has 0 fully saturated rings. The molecule has 0 aliphatic heterocycles. The number of carbonyl (C=O) groups is 2. The Balaban J connectivity index is 1.67. The van der Waals surface area contributed by atoms with Gasteiger partial charge in [-0.2, -0.15) is 0 Å². The number of rotatable bonds is 6. The lowest BCUT2D eigenvalue weighted by atomic mass is 10.2. The van der Waals surface area contributed by atoms with Crippen LogP contribution < -0.4 is 15.4 Å². The Morgan fingerprint density at radius 2 is 1.83 bits per heavy atom. The van der Waals surface area contributed by atoms with E-state index in [1.54, 1.807) is 31.2 Å². The zero-order valence-electron chi connectivity index (χ0n) is 15.6. The molecule has 1 aromatic heterocycles. The number of methoxy groups -OCH3 is 1. The standard InChI is InChI=1S/C19H17F2N5O3/c1-11-18(19(28)23-13-6-7-15(20)16(21)9-13)24-25-26(11)10-17(27)22-12-4-3-5-14(8-12)29-2/h3-9H,10H2,1-2H3,(H,22,27)(H,23,28). The average molecular weight is 401 g/mol. The number of amides is 2. The van der Waals surface area contributed by atoms with Gasteiger partial charge in [0.05, 0.1) is 12.8 Å². The molecule has 150 valence electrons. The summed E-state index contributed by atoms with van der Waals surface area (Å²) in [4.78, 5) is 24.6. The van der Waals surface area contributed by atoms with Crippen molar-refractivity contribution in [2.24, 2.45) is 0 Å². The summed E-state index contributed by atoms with van der Waals surface area (Å²) in [6.45, 7) is 1.40. The Hall–Kier alpha value is -3.82. The predicted octanol–water partition coefficient (Wildman–Crippen LogP) is 2.76. The molecule has 2 amide bonds. The minimum absolute atomic E-state index is 0.0380. The van der Waals surface area contributed by atoms with Crippen molar-refractivity contribution in [1.82, 2.24) is 15.0 Å². The van der Waals surface area contributed by atoms with Crippen molar-refractivity contribution in [3.05, 3.63) is 65.5 Å². The first kappa shape index (κ1) is 19.9. The first-order valence-corrected chi connectivity index (χ1v) is 8.47.